The summed E-state index contributed by atoms with van der Waals surface area (Å²) in [6.45, 7) is 6.40. The first-order valence-electron chi connectivity index (χ1n) is 5.82. The number of piperidine rings is 1. The van der Waals surface area contributed by atoms with Gasteiger partial charge in [0.1, 0.15) is 0 Å². The Morgan fingerprint density at radius 2 is 2.00 bits per heavy atom. The Kier molecular flexibility index (Phi) is 4.99. The van der Waals surface area contributed by atoms with E-state index in [9.17, 15) is 4.79 Å². The van der Waals surface area contributed by atoms with Crippen LogP contribution in [0.4, 0.5) is 4.79 Å². The van der Waals surface area contributed by atoms with Crippen LogP contribution in [0.1, 0.15) is 40.0 Å². The third-order valence-corrected chi connectivity index (χ3v) is 3.23. The first-order valence-corrected chi connectivity index (χ1v) is 6.23. The van der Waals surface area contributed by atoms with Crippen LogP contribution in [0.5, 0.6) is 0 Å². The summed E-state index contributed by atoms with van der Waals surface area (Å²) in [5, 5.41) is 3.09. The lowest BCUT2D eigenvalue weighted by Crippen LogP contribution is -2.52. The van der Waals surface area contributed by atoms with Crippen molar-refractivity contribution in [1.29, 1.82) is 0 Å². The molecule has 16 heavy (non-hydrogen) atoms. The number of ether oxygens (including phenoxy) is 1. The maximum atomic E-state index is 11.3. The van der Waals surface area contributed by atoms with Gasteiger partial charge in [0.05, 0.1) is 6.61 Å². The van der Waals surface area contributed by atoms with Crippen molar-refractivity contribution in [2.24, 2.45) is 0 Å². The van der Waals surface area contributed by atoms with Gasteiger partial charge in [0, 0.05) is 12.1 Å². The first kappa shape index (κ1) is 13.2. The monoisotopic (exact) mass is 244 g/mol. The molecule has 1 amide bonds. The highest BCUT2D eigenvalue weighted by Gasteiger charge is 2.27. The molecule has 0 saturated carbocycles. The van der Waals surface area contributed by atoms with E-state index < -0.39 is 6.09 Å². The number of nitrogens with zero attached hydrogens (tertiary/aromatic N) is 1. The van der Waals surface area contributed by atoms with E-state index in [1.165, 1.54) is 6.42 Å². The van der Waals surface area contributed by atoms with Crippen molar-refractivity contribution in [2.45, 2.75) is 52.1 Å². The molecule has 1 heterocycles. The number of likely N-dealkylation sites (tertiary alicyclic amines) is 1. The van der Waals surface area contributed by atoms with E-state index >= 15 is 0 Å². The fourth-order valence-corrected chi connectivity index (χ4v) is 2.58. The molecule has 0 aromatic rings. The minimum atomic E-state index is -0.461. The van der Waals surface area contributed by atoms with Gasteiger partial charge in [-0.25, -0.2) is 4.79 Å². The predicted octanol–water partition coefficient (Wildman–Crippen LogP) is 2.28. The van der Waals surface area contributed by atoms with Crippen LogP contribution in [0.15, 0.2) is 0 Å². The molecule has 0 unspecified atom stereocenters. The lowest BCUT2D eigenvalue weighted by atomic mass is 9.98. The van der Waals surface area contributed by atoms with Crippen LogP contribution in [0.2, 0.25) is 0 Å². The zero-order valence-corrected chi connectivity index (χ0v) is 11.0. The summed E-state index contributed by atoms with van der Waals surface area (Å²) in [5.74, 6) is 0. The van der Waals surface area contributed by atoms with Gasteiger partial charge in [0.15, 0.2) is 5.11 Å². The molecule has 0 radical (unpaired) electrons. The van der Waals surface area contributed by atoms with Crippen LogP contribution in [0.3, 0.4) is 0 Å². The van der Waals surface area contributed by atoms with E-state index in [1.54, 1.807) is 6.92 Å². The Balaban J connectivity index is 2.54. The van der Waals surface area contributed by atoms with Gasteiger partial charge in [-0.1, -0.05) is 0 Å². The van der Waals surface area contributed by atoms with E-state index in [2.05, 4.69) is 24.1 Å². The summed E-state index contributed by atoms with van der Waals surface area (Å²) in [4.78, 5) is 13.4. The van der Waals surface area contributed by atoms with Crippen molar-refractivity contribution in [3.05, 3.63) is 0 Å². The SMILES string of the molecule is CCOC(=O)NC(=S)N1[C@H](C)CCC[C@@H]1C. The zero-order valence-electron chi connectivity index (χ0n) is 10.2. The van der Waals surface area contributed by atoms with Crippen LogP contribution in [0, 0.1) is 0 Å². The maximum absolute atomic E-state index is 11.3. The molecule has 0 spiro atoms. The Morgan fingerprint density at radius 3 is 2.50 bits per heavy atom. The lowest BCUT2D eigenvalue weighted by Gasteiger charge is -2.40. The van der Waals surface area contributed by atoms with Crippen LogP contribution < -0.4 is 5.32 Å². The number of amides is 1. The molecule has 0 aromatic carbocycles. The Bertz CT molecular complexity index is 261. The Hall–Kier alpha value is -0.840. The lowest BCUT2D eigenvalue weighted by molar-refractivity contribution is 0.151. The zero-order chi connectivity index (χ0) is 12.1. The summed E-state index contributed by atoms with van der Waals surface area (Å²) in [6.07, 6.45) is 3.00. The van der Waals surface area contributed by atoms with Crippen molar-refractivity contribution in [3.63, 3.8) is 0 Å². The topological polar surface area (TPSA) is 41.6 Å². The molecule has 1 aliphatic heterocycles. The molecule has 1 N–H and O–H groups in total. The molecular weight excluding hydrogens is 224 g/mol. The predicted molar refractivity (Wildman–Crippen MR) is 67.4 cm³/mol. The Morgan fingerprint density at radius 1 is 1.44 bits per heavy atom. The van der Waals surface area contributed by atoms with Crippen LogP contribution >= 0.6 is 12.2 Å². The summed E-state index contributed by atoms with van der Waals surface area (Å²) < 4.78 is 4.81. The average Bonchev–Trinajstić information content (AvgIpc) is 2.17. The minimum absolute atomic E-state index is 0.361. The average molecular weight is 244 g/mol. The number of carbonyl (C=O) groups is 1. The van der Waals surface area contributed by atoms with Gasteiger partial charge in [-0.15, -0.1) is 0 Å². The smallest absolute Gasteiger partial charge is 0.413 e. The van der Waals surface area contributed by atoms with Gasteiger partial charge in [-0.2, -0.15) is 0 Å². The van der Waals surface area contributed by atoms with Gasteiger partial charge in [0.2, 0.25) is 0 Å². The highest BCUT2D eigenvalue weighted by molar-refractivity contribution is 7.80. The van der Waals surface area contributed by atoms with Crippen LogP contribution in [-0.2, 0) is 4.74 Å². The number of thiocarbonyl (C=S) groups is 1. The van der Waals surface area contributed by atoms with E-state index in [-0.39, 0.29) is 0 Å². The molecule has 4 nitrogen and oxygen atoms in total. The summed E-state index contributed by atoms with van der Waals surface area (Å²) >= 11 is 5.23. The highest BCUT2D eigenvalue weighted by atomic mass is 32.1. The van der Waals surface area contributed by atoms with Crippen LogP contribution in [0.25, 0.3) is 0 Å². The summed E-state index contributed by atoms with van der Waals surface area (Å²) in [5.41, 5.74) is 0. The number of nitrogens with one attached hydrogen (secondary N) is 1. The number of hydrogen-bond acceptors (Lipinski definition) is 3. The summed E-state index contributed by atoms with van der Waals surface area (Å²) in [6, 6.07) is 0.774. The molecule has 0 aromatic heterocycles. The van der Waals surface area contributed by atoms with Crippen molar-refractivity contribution in [1.82, 2.24) is 10.2 Å². The molecule has 92 valence electrons. The second kappa shape index (κ2) is 6.03. The van der Waals surface area contributed by atoms with Gasteiger partial charge in [0.25, 0.3) is 0 Å². The van der Waals surface area contributed by atoms with Crippen molar-refractivity contribution in [3.8, 4) is 0 Å². The van der Waals surface area contributed by atoms with Crippen molar-refractivity contribution < 1.29 is 9.53 Å². The molecule has 0 bridgehead atoms. The van der Waals surface area contributed by atoms with Gasteiger partial charge < -0.3 is 9.64 Å². The van der Waals surface area contributed by atoms with Gasteiger partial charge in [-0.3, -0.25) is 5.32 Å². The normalized spacial score (nSPS) is 25.1. The van der Waals surface area contributed by atoms with Crippen molar-refractivity contribution >= 4 is 23.4 Å². The van der Waals surface area contributed by atoms with Crippen molar-refractivity contribution in [2.75, 3.05) is 6.61 Å². The number of alkyl carbamates (subject to hydrolysis) is 1. The van der Waals surface area contributed by atoms with E-state index in [0.717, 1.165) is 12.8 Å². The van der Waals surface area contributed by atoms with Gasteiger partial charge in [-0.05, 0) is 52.3 Å². The largest absolute Gasteiger partial charge is 0.450 e. The third kappa shape index (κ3) is 3.33. The fraction of sp³-hybridized carbons (Fsp3) is 0.818. The number of carbonyl (C=O) groups excluding carboxylic acids is 1. The fourth-order valence-electron chi connectivity index (χ4n) is 2.14. The van der Waals surface area contributed by atoms with Crippen LogP contribution in [-0.4, -0.2) is 34.8 Å². The molecule has 1 aliphatic rings. The van der Waals surface area contributed by atoms with E-state index in [0.29, 0.717) is 23.8 Å². The first-order chi connectivity index (χ1) is 7.56. The molecule has 1 rings (SSSR count). The third-order valence-electron chi connectivity index (χ3n) is 2.91. The second-order valence-corrected chi connectivity index (χ2v) is 4.57. The molecule has 1 saturated heterocycles. The molecule has 5 heteroatoms. The molecule has 1 fully saturated rings. The second-order valence-electron chi connectivity index (χ2n) is 4.19. The summed E-state index contributed by atoms with van der Waals surface area (Å²) in [7, 11) is 0. The number of rotatable bonds is 1. The Labute approximate surface area is 102 Å². The maximum Gasteiger partial charge on any atom is 0.413 e. The molecular formula is C11H20N2O2S. The minimum Gasteiger partial charge on any atom is -0.450 e. The standard InChI is InChI=1S/C11H20N2O2S/c1-4-15-11(14)12-10(16)13-8(2)6-5-7-9(13)3/h8-9H,4-7H2,1-3H3,(H,12,14,16)/t8-,9+. The number of hydrogen-bond donors (Lipinski definition) is 1. The highest BCUT2D eigenvalue weighted by Crippen LogP contribution is 2.22. The van der Waals surface area contributed by atoms with E-state index in [4.69, 9.17) is 17.0 Å². The van der Waals surface area contributed by atoms with E-state index in [1.807, 2.05) is 0 Å². The quantitative estimate of drug-likeness (QED) is 0.719. The molecule has 0 aliphatic carbocycles. The molecule has 2 atom stereocenters. The van der Waals surface area contributed by atoms with Gasteiger partial charge >= 0.3 is 6.09 Å².